The molecule has 0 atom stereocenters. The predicted molar refractivity (Wildman–Crippen MR) is 69.3 cm³/mol. The molecular formula is C11H9Br2NO. The summed E-state index contributed by atoms with van der Waals surface area (Å²) in [4.78, 5) is 11.9. The molecule has 0 amide bonds. The first-order valence-electron chi connectivity index (χ1n) is 4.63. The number of hydrogen-bond donors (Lipinski definition) is 0. The molecule has 0 bridgehead atoms. The second-order valence-electron chi connectivity index (χ2n) is 3.19. The summed E-state index contributed by atoms with van der Waals surface area (Å²) >= 11 is 6.75. The molecule has 2 rings (SSSR count). The average molecular weight is 331 g/mol. The van der Waals surface area contributed by atoms with Gasteiger partial charge >= 0.3 is 0 Å². The van der Waals surface area contributed by atoms with Crippen LogP contribution >= 0.6 is 31.9 Å². The van der Waals surface area contributed by atoms with Crippen LogP contribution in [0.5, 0.6) is 0 Å². The van der Waals surface area contributed by atoms with E-state index in [1.807, 2.05) is 31.2 Å². The number of aromatic nitrogens is 1. The number of halogens is 2. The van der Waals surface area contributed by atoms with E-state index < -0.39 is 0 Å². The highest BCUT2D eigenvalue weighted by Crippen LogP contribution is 2.28. The molecule has 0 saturated carbocycles. The molecule has 1 aromatic heterocycles. The largest absolute Gasteiger partial charge is 0.308 e. The van der Waals surface area contributed by atoms with Crippen molar-refractivity contribution in [1.82, 2.24) is 4.57 Å². The Kier molecular flexibility index (Phi) is 2.98. The summed E-state index contributed by atoms with van der Waals surface area (Å²) in [5.74, 6) is 0. The third-order valence-corrected chi connectivity index (χ3v) is 4.46. The molecule has 0 saturated heterocycles. The lowest BCUT2D eigenvalue weighted by atomic mass is 10.2. The van der Waals surface area contributed by atoms with E-state index in [4.69, 9.17) is 0 Å². The zero-order chi connectivity index (χ0) is 11.0. The molecule has 0 spiro atoms. The molecular weight excluding hydrogens is 322 g/mol. The van der Waals surface area contributed by atoms with Gasteiger partial charge in [-0.1, -0.05) is 18.2 Å². The summed E-state index contributed by atoms with van der Waals surface area (Å²) in [6, 6.07) is 7.85. The van der Waals surface area contributed by atoms with Crippen LogP contribution in [0.4, 0.5) is 0 Å². The zero-order valence-corrected chi connectivity index (χ0v) is 11.3. The van der Waals surface area contributed by atoms with Crippen molar-refractivity contribution in [2.75, 3.05) is 0 Å². The van der Waals surface area contributed by atoms with Gasteiger partial charge in [0.15, 0.2) is 0 Å². The van der Waals surface area contributed by atoms with Gasteiger partial charge in [0, 0.05) is 16.4 Å². The van der Waals surface area contributed by atoms with Gasteiger partial charge in [0.05, 0.1) is 9.99 Å². The minimum absolute atomic E-state index is 0.00285. The number of benzene rings is 1. The lowest BCUT2D eigenvalue weighted by Crippen LogP contribution is -2.20. The van der Waals surface area contributed by atoms with Gasteiger partial charge < -0.3 is 4.57 Å². The Balaban J connectivity index is 3.05. The number of hydrogen-bond acceptors (Lipinski definition) is 1. The molecule has 0 aliphatic heterocycles. The van der Waals surface area contributed by atoms with Gasteiger partial charge in [0.1, 0.15) is 0 Å². The lowest BCUT2D eigenvalue weighted by molar-refractivity contribution is 0.755. The standard InChI is InChI=1S/C11H9Br2NO/c1-2-14-8-6-4-3-5-7(8)9(12)10(13)11(14)15/h3-6H,2H2,1H3. The molecule has 1 heterocycles. The highest BCUT2D eigenvalue weighted by atomic mass is 79.9. The Morgan fingerprint density at radius 3 is 2.53 bits per heavy atom. The van der Waals surface area contributed by atoms with Crippen LogP contribution in [-0.2, 0) is 6.54 Å². The number of para-hydroxylation sites is 1. The monoisotopic (exact) mass is 329 g/mol. The lowest BCUT2D eigenvalue weighted by Gasteiger charge is -2.10. The Labute approximate surface area is 104 Å². The highest BCUT2D eigenvalue weighted by Gasteiger charge is 2.11. The summed E-state index contributed by atoms with van der Waals surface area (Å²) in [5.41, 5.74) is 0.961. The summed E-state index contributed by atoms with van der Waals surface area (Å²) in [7, 11) is 0. The number of rotatable bonds is 1. The molecule has 0 aliphatic rings. The Hall–Kier alpha value is -0.610. The van der Waals surface area contributed by atoms with Crippen molar-refractivity contribution in [2.24, 2.45) is 0 Å². The van der Waals surface area contributed by atoms with Crippen molar-refractivity contribution in [1.29, 1.82) is 0 Å². The van der Waals surface area contributed by atoms with Gasteiger partial charge in [0.2, 0.25) is 0 Å². The van der Waals surface area contributed by atoms with Gasteiger partial charge in [-0.05, 0) is 44.8 Å². The van der Waals surface area contributed by atoms with E-state index in [1.165, 1.54) is 0 Å². The van der Waals surface area contributed by atoms with E-state index in [2.05, 4.69) is 31.9 Å². The van der Waals surface area contributed by atoms with Gasteiger partial charge in [0.25, 0.3) is 5.56 Å². The maximum absolute atomic E-state index is 11.9. The molecule has 2 nitrogen and oxygen atoms in total. The fraction of sp³-hybridized carbons (Fsp3) is 0.182. The third kappa shape index (κ3) is 1.66. The van der Waals surface area contributed by atoms with Crippen molar-refractivity contribution >= 4 is 42.8 Å². The SMILES string of the molecule is CCn1c(=O)c(Br)c(Br)c2ccccc21. The molecule has 0 fully saturated rings. The van der Waals surface area contributed by atoms with Crippen LogP contribution in [-0.4, -0.2) is 4.57 Å². The maximum Gasteiger partial charge on any atom is 0.266 e. The fourth-order valence-electron chi connectivity index (χ4n) is 1.65. The van der Waals surface area contributed by atoms with Crippen LogP contribution in [0.3, 0.4) is 0 Å². The first-order valence-corrected chi connectivity index (χ1v) is 6.22. The third-order valence-electron chi connectivity index (χ3n) is 2.37. The predicted octanol–water partition coefficient (Wildman–Crippen LogP) is 3.55. The number of fused-ring (bicyclic) bond motifs is 1. The van der Waals surface area contributed by atoms with Gasteiger partial charge in [-0.25, -0.2) is 0 Å². The van der Waals surface area contributed by atoms with Crippen molar-refractivity contribution in [3.05, 3.63) is 43.6 Å². The molecule has 0 aliphatic carbocycles. The minimum atomic E-state index is 0.00285. The first kappa shape index (κ1) is 10.9. The number of pyridine rings is 1. The Bertz CT molecular complexity index is 575. The van der Waals surface area contributed by atoms with Gasteiger partial charge in [-0.3, -0.25) is 4.79 Å². The van der Waals surface area contributed by atoms with E-state index in [-0.39, 0.29) is 5.56 Å². The smallest absolute Gasteiger partial charge is 0.266 e. The van der Waals surface area contributed by atoms with E-state index in [0.717, 1.165) is 15.4 Å². The molecule has 0 N–H and O–H groups in total. The Morgan fingerprint density at radius 2 is 1.87 bits per heavy atom. The molecule has 2 aromatic rings. The highest BCUT2D eigenvalue weighted by molar-refractivity contribution is 9.13. The van der Waals surface area contributed by atoms with Crippen molar-refractivity contribution in [3.63, 3.8) is 0 Å². The van der Waals surface area contributed by atoms with Crippen molar-refractivity contribution < 1.29 is 0 Å². The van der Waals surface area contributed by atoms with Crippen LogP contribution in [0.15, 0.2) is 38.0 Å². The van der Waals surface area contributed by atoms with Gasteiger partial charge in [-0.15, -0.1) is 0 Å². The van der Waals surface area contributed by atoms with E-state index in [1.54, 1.807) is 4.57 Å². The average Bonchev–Trinajstić information content (AvgIpc) is 2.27. The second kappa shape index (κ2) is 4.10. The minimum Gasteiger partial charge on any atom is -0.308 e. The molecule has 15 heavy (non-hydrogen) atoms. The van der Waals surface area contributed by atoms with Crippen molar-refractivity contribution in [2.45, 2.75) is 13.5 Å². The topological polar surface area (TPSA) is 22.0 Å². The quantitative estimate of drug-likeness (QED) is 0.783. The van der Waals surface area contributed by atoms with Crippen LogP contribution in [0.25, 0.3) is 10.9 Å². The summed E-state index contributed by atoms with van der Waals surface area (Å²) in [5, 5.41) is 1.05. The molecule has 78 valence electrons. The summed E-state index contributed by atoms with van der Waals surface area (Å²) in [6.07, 6.45) is 0. The maximum atomic E-state index is 11.9. The first-order chi connectivity index (χ1) is 7.16. The fourth-order valence-corrected chi connectivity index (χ4v) is 2.58. The normalized spacial score (nSPS) is 10.9. The molecule has 0 unspecified atom stereocenters. The summed E-state index contributed by atoms with van der Waals surface area (Å²) in [6.45, 7) is 2.64. The van der Waals surface area contributed by atoms with Crippen LogP contribution in [0.2, 0.25) is 0 Å². The van der Waals surface area contributed by atoms with Crippen LogP contribution in [0.1, 0.15) is 6.92 Å². The Morgan fingerprint density at radius 1 is 1.20 bits per heavy atom. The van der Waals surface area contributed by atoms with Gasteiger partial charge in [-0.2, -0.15) is 0 Å². The zero-order valence-electron chi connectivity index (χ0n) is 8.13. The molecule has 1 aromatic carbocycles. The van der Waals surface area contributed by atoms with E-state index >= 15 is 0 Å². The van der Waals surface area contributed by atoms with Crippen LogP contribution < -0.4 is 5.56 Å². The second-order valence-corrected chi connectivity index (χ2v) is 4.78. The number of nitrogens with zero attached hydrogens (tertiary/aromatic N) is 1. The number of aryl methyl sites for hydroxylation is 1. The van der Waals surface area contributed by atoms with E-state index in [9.17, 15) is 4.79 Å². The van der Waals surface area contributed by atoms with E-state index in [0.29, 0.717) is 11.0 Å². The molecule has 0 radical (unpaired) electrons. The summed E-state index contributed by atoms with van der Waals surface area (Å²) < 4.78 is 3.17. The van der Waals surface area contributed by atoms with Crippen LogP contribution in [0, 0.1) is 0 Å². The van der Waals surface area contributed by atoms with Crippen molar-refractivity contribution in [3.8, 4) is 0 Å². The molecule has 4 heteroatoms.